The fourth-order valence-electron chi connectivity index (χ4n) is 2.73. The molecule has 17 heavy (non-hydrogen) atoms. The molecule has 0 radical (unpaired) electrons. The van der Waals surface area contributed by atoms with Gasteiger partial charge in [0.15, 0.2) is 5.82 Å². The number of nitrogens with zero attached hydrogens (tertiary/aromatic N) is 2. The lowest BCUT2D eigenvalue weighted by Crippen LogP contribution is -2.16. The Morgan fingerprint density at radius 3 is 2.94 bits per heavy atom. The van der Waals surface area contributed by atoms with Crippen molar-refractivity contribution in [2.24, 2.45) is 5.92 Å². The van der Waals surface area contributed by atoms with Crippen LogP contribution in [0.5, 0.6) is 0 Å². The molecule has 0 bridgehead atoms. The molecule has 3 atom stereocenters. The third-order valence-electron chi connectivity index (χ3n) is 3.81. The van der Waals surface area contributed by atoms with Gasteiger partial charge in [0.1, 0.15) is 0 Å². The molecule has 1 fully saturated rings. The minimum Gasteiger partial charge on any atom is -0.338 e. The summed E-state index contributed by atoms with van der Waals surface area (Å²) < 4.78 is 5.37. The molecule has 1 saturated carbocycles. The summed E-state index contributed by atoms with van der Waals surface area (Å²) in [5, 5.41) is 7.36. The van der Waals surface area contributed by atoms with Crippen LogP contribution in [0.2, 0.25) is 0 Å². The van der Waals surface area contributed by atoms with Crippen LogP contribution in [0.3, 0.4) is 0 Å². The third kappa shape index (κ3) is 2.86. The summed E-state index contributed by atoms with van der Waals surface area (Å²) in [6.07, 6.45) is 6.02. The van der Waals surface area contributed by atoms with Crippen LogP contribution in [0.25, 0.3) is 0 Å². The molecule has 0 aromatic carbocycles. The first-order valence-electron chi connectivity index (χ1n) is 6.75. The first kappa shape index (κ1) is 12.6. The SMILES string of the molecule is CCC(NC)c1nc(C2CCCC(C)C2)no1. The molecule has 1 N–H and O–H groups in total. The van der Waals surface area contributed by atoms with Crippen LogP contribution in [-0.2, 0) is 0 Å². The van der Waals surface area contributed by atoms with Gasteiger partial charge in [0.25, 0.3) is 0 Å². The Morgan fingerprint density at radius 2 is 2.29 bits per heavy atom. The van der Waals surface area contributed by atoms with Crippen LogP contribution in [0, 0.1) is 5.92 Å². The quantitative estimate of drug-likeness (QED) is 0.874. The summed E-state index contributed by atoms with van der Waals surface area (Å²) in [5.74, 6) is 2.95. The normalized spacial score (nSPS) is 27.0. The van der Waals surface area contributed by atoms with E-state index < -0.39 is 0 Å². The molecular weight excluding hydrogens is 214 g/mol. The van der Waals surface area contributed by atoms with E-state index in [1.54, 1.807) is 0 Å². The monoisotopic (exact) mass is 237 g/mol. The molecule has 4 nitrogen and oxygen atoms in total. The minimum atomic E-state index is 0.192. The van der Waals surface area contributed by atoms with Crippen molar-refractivity contribution in [1.82, 2.24) is 15.5 Å². The fraction of sp³-hybridized carbons (Fsp3) is 0.846. The standard InChI is InChI=1S/C13H23N3O/c1-4-11(14-3)13-15-12(16-17-13)10-7-5-6-9(2)8-10/h9-11,14H,4-8H2,1-3H3. The van der Waals surface area contributed by atoms with Gasteiger partial charge in [-0.1, -0.05) is 31.8 Å². The smallest absolute Gasteiger partial charge is 0.243 e. The maximum Gasteiger partial charge on any atom is 0.243 e. The third-order valence-corrected chi connectivity index (χ3v) is 3.81. The Bertz CT molecular complexity index is 346. The lowest BCUT2D eigenvalue weighted by molar-refractivity contribution is 0.310. The van der Waals surface area contributed by atoms with E-state index in [-0.39, 0.29) is 6.04 Å². The van der Waals surface area contributed by atoms with Crippen LogP contribution in [0.4, 0.5) is 0 Å². The van der Waals surface area contributed by atoms with E-state index in [1.807, 2.05) is 7.05 Å². The van der Waals surface area contributed by atoms with E-state index in [9.17, 15) is 0 Å². The number of hydrogen-bond donors (Lipinski definition) is 1. The van der Waals surface area contributed by atoms with Crippen LogP contribution in [-0.4, -0.2) is 17.2 Å². The molecule has 1 heterocycles. The van der Waals surface area contributed by atoms with Crippen molar-refractivity contribution in [3.05, 3.63) is 11.7 Å². The molecule has 0 aliphatic heterocycles. The molecule has 0 spiro atoms. The van der Waals surface area contributed by atoms with Crippen LogP contribution < -0.4 is 5.32 Å². The van der Waals surface area contributed by atoms with Gasteiger partial charge in [0.2, 0.25) is 5.89 Å². The zero-order valence-electron chi connectivity index (χ0n) is 11.1. The molecular formula is C13H23N3O. The summed E-state index contributed by atoms with van der Waals surface area (Å²) in [6.45, 7) is 4.43. The summed E-state index contributed by atoms with van der Waals surface area (Å²) in [4.78, 5) is 4.57. The summed E-state index contributed by atoms with van der Waals surface area (Å²) in [7, 11) is 1.93. The Morgan fingerprint density at radius 1 is 1.47 bits per heavy atom. The molecule has 96 valence electrons. The van der Waals surface area contributed by atoms with Crippen LogP contribution in [0.1, 0.15) is 69.6 Å². The highest BCUT2D eigenvalue weighted by Gasteiger charge is 2.25. The number of rotatable bonds is 4. The molecule has 4 heteroatoms. The highest BCUT2D eigenvalue weighted by molar-refractivity contribution is 5.00. The van der Waals surface area contributed by atoms with Crippen molar-refractivity contribution in [3.8, 4) is 0 Å². The van der Waals surface area contributed by atoms with E-state index in [1.165, 1.54) is 25.7 Å². The van der Waals surface area contributed by atoms with Gasteiger partial charge >= 0.3 is 0 Å². The minimum absolute atomic E-state index is 0.192. The Balaban J connectivity index is 2.06. The Kier molecular flexibility index (Phi) is 4.15. The molecule has 0 amide bonds. The average Bonchev–Trinajstić information content (AvgIpc) is 2.80. The first-order chi connectivity index (χ1) is 8.24. The van der Waals surface area contributed by atoms with Gasteiger partial charge in [-0.3, -0.25) is 0 Å². The second kappa shape index (κ2) is 5.63. The molecule has 0 saturated heterocycles. The van der Waals surface area contributed by atoms with Crippen molar-refractivity contribution in [1.29, 1.82) is 0 Å². The Labute approximate surface area is 103 Å². The summed E-state index contributed by atoms with van der Waals surface area (Å²) in [5.41, 5.74) is 0. The highest BCUT2D eigenvalue weighted by Crippen LogP contribution is 2.34. The molecule has 3 unspecified atom stereocenters. The topological polar surface area (TPSA) is 51.0 Å². The second-order valence-corrected chi connectivity index (χ2v) is 5.21. The molecule has 1 aliphatic carbocycles. The number of hydrogen-bond acceptors (Lipinski definition) is 4. The van der Waals surface area contributed by atoms with Gasteiger partial charge in [-0.15, -0.1) is 0 Å². The Hall–Kier alpha value is -0.900. The van der Waals surface area contributed by atoms with Crippen LogP contribution >= 0.6 is 0 Å². The van der Waals surface area contributed by atoms with Crippen molar-refractivity contribution >= 4 is 0 Å². The first-order valence-corrected chi connectivity index (χ1v) is 6.75. The molecule has 1 aromatic rings. The molecule has 1 aromatic heterocycles. The van der Waals surface area contributed by atoms with E-state index in [0.29, 0.717) is 5.92 Å². The summed E-state index contributed by atoms with van der Waals surface area (Å²) in [6, 6.07) is 0.192. The molecule has 1 aliphatic rings. The van der Waals surface area contributed by atoms with Gasteiger partial charge in [-0.25, -0.2) is 0 Å². The van der Waals surface area contributed by atoms with Gasteiger partial charge < -0.3 is 9.84 Å². The largest absolute Gasteiger partial charge is 0.338 e. The van der Waals surface area contributed by atoms with Gasteiger partial charge in [0.05, 0.1) is 6.04 Å². The van der Waals surface area contributed by atoms with Gasteiger partial charge in [-0.2, -0.15) is 4.98 Å². The maximum atomic E-state index is 5.37. The zero-order valence-corrected chi connectivity index (χ0v) is 11.1. The van der Waals surface area contributed by atoms with Gasteiger partial charge in [-0.05, 0) is 32.2 Å². The summed E-state index contributed by atoms with van der Waals surface area (Å²) >= 11 is 0. The predicted octanol–water partition coefficient (Wildman–Crippen LogP) is 3.03. The lowest BCUT2D eigenvalue weighted by Gasteiger charge is -2.23. The number of aromatic nitrogens is 2. The van der Waals surface area contributed by atoms with E-state index in [0.717, 1.165) is 24.1 Å². The van der Waals surface area contributed by atoms with Crippen molar-refractivity contribution in [2.75, 3.05) is 7.05 Å². The van der Waals surface area contributed by atoms with Gasteiger partial charge in [0, 0.05) is 5.92 Å². The van der Waals surface area contributed by atoms with Crippen LogP contribution in [0.15, 0.2) is 4.52 Å². The fourth-order valence-corrected chi connectivity index (χ4v) is 2.73. The van der Waals surface area contributed by atoms with E-state index >= 15 is 0 Å². The zero-order chi connectivity index (χ0) is 12.3. The molecule has 2 rings (SSSR count). The van der Waals surface area contributed by atoms with E-state index in [4.69, 9.17) is 4.52 Å². The lowest BCUT2D eigenvalue weighted by atomic mass is 9.82. The average molecular weight is 237 g/mol. The van der Waals surface area contributed by atoms with Crippen molar-refractivity contribution < 1.29 is 4.52 Å². The highest BCUT2D eigenvalue weighted by atomic mass is 16.5. The maximum absolute atomic E-state index is 5.37. The second-order valence-electron chi connectivity index (χ2n) is 5.21. The predicted molar refractivity (Wildman–Crippen MR) is 66.8 cm³/mol. The number of nitrogens with one attached hydrogen (secondary N) is 1. The van der Waals surface area contributed by atoms with Crippen molar-refractivity contribution in [3.63, 3.8) is 0 Å². The van der Waals surface area contributed by atoms with E-state index in [2.05, 4.69) is 29.3 Å². The van der Waals surface area contributed by atoms with Crippen molar-refractivity contribution in [2.45, 2.75) is 57.9 Å².